The van der Waals surface area contributed by atoms with Crippen LogP contribution in [0.15, 0.2) is 63.8 Å². The highest BCUT2D eigenvalue weighted by molar-refractivity contribution is 6.35. The number of carbonyl (C=O) groups is 1. The van der Waals surface area contributed by atoms with Crippen LogP contribution in [0.3, 0.4) is 0 Å². The summed E-state index contributed by atoms with van der Waals surface area (Å²) in [6, 6.07) is 14.6. The maximum Gasteiger partial charge on any atom is 0.292 e. The molecular formula is C19H10Cl2N2O3. The van der Waals surface area contributed by atoms with E-state index in [2.05, 4.69) is 10.3 Å². The molecule has 5 nitrogen and oxygen atoms in total. The number of fused-ring (bicyclic) bond motifs is 2. The minimum atomic E-state index is -0.595. The average Bonchev–Trinajstić information content (AvgIpc) is 2.62. The molecule has 0 spiro atoms. The van der Waals surface area contributed by atoms with Gasteiger partial charge in [0.05, 0.1) is 15.9 Å². The van der Waals surface area contributed by atoms with Crippen LogP contribution in [0.5, 0.6) is 0 Å². The van der Waals surface area contributed by atoms with Crippen molar-refractivity contribution in [2.75, 3.05) is 5.32 Å². The van der Waals surface area contributed by atoms with E-state index in [9.17, 15) is 9.59 Å². The van der Waals surface area contributed by atoms with Crippen molar-refractivity contribution in [1.82, 2.24) is 4.98 Å². The van der Waals surface area contributed by atoms with Gasteiger partial charge in [-0.25, -0.2) is 4.98 Å². The Morgan fingerprint density at radius 3 is 2.73 bits per heavy atom. The van der Waals surface area contributed by atoms with E-state index in [1.165, 1.54) is 6.07 Å². The zero-order valence-electron chi connectivity index (χ0n) is 13.1. The van der Waals surface area contributed by atoms with Gasteiger partial charge in [0.25, 0.3) is 5.91 Å². The second-order valence-corrected chi connectivity index (χ2v) is 6.42. The first-order valence-electron chi connectivity index (χ1n) is 7.61. The smallest absolute Gasteiger partial charge is 0.292 e. The van der Waals surface area contributed by atoms with E-state index in [0.717, 1.165) is 11.5 Å². The van der Waals surface area contributed by atoms with E-state index in [1.807, 2.05) is 12.1 Å². The predicted molar refractivity (Wildman–Crippen MR) is 102 cm³/mol. The molecule has 2 aromatic heterocycles. The molecule has 0 fully saturated rings. The van der Waals surface area contributed by atoms with Gasteiger partial charge in [-0.15, -0.1) is 0 Å². The number of nitrogens with zero attached hydrogens (tertiary/aromatic N) is 1. The summed E-state index contributed by atoms with van der Waals surface area (Å²) in [5.74, 6) is -0.432. The molecule has 2 aromatic carbocycles. The second-order valence-electron chi connectivity index (χ2n) is 5.58. The minimum Gasteiger partial charge on any atom is -0.451 e. The van der Waals surface area contributed by atoms with Gasteiger partial charge >= 0.3 is 0 Å². The fourth-order valence-corrected chi connectivity index (χ4v) is 2.99. The van der Waals surface area contributed by atoms with Crippen molar-refractivity contribution in [1.29, 1.82) is 0 Å². The Kier molecular flexibility index (Phi) is 4.11. The summed E-state index contributed by atoms with van der Waals surface area (Å²) in [6.07, 6.45) is 0. The van der Waals surface area contributed by atoms with Crippen LogP contribution in [0.2, 0.25) is 10.0 Å². The molecule has 0 radical (unpaired) electrons. The van der Waals surface area contributed by atoms with Crippen LogP contribution < -0.4 is 10.7 Å². The van der Waals surface area contributed by atoms with Gasteiger partial charge in [-0.3, -0.25) is 9.59 Å². The van der Waals surface area contributed by atoms with E-state index in [0.29, 0.717) is 26.8 Å². The van der Waals surface area contributed by atoms with Gasteiger partial charge < -0.3 is 9.73 Å². The highest BCUT2D eigenvalue weighted by atomic mass is 35.5. The number of nitrogens with one attached hydrogen (secondary N) is 1. The number of amides is 1. The zero-order chi connectivity index (χ0) is 18.3. The van der Waals surface area contributed by atoms with Crippen LogP contribution in [0.1, 0.15) is 10.6 Å². The fourth-order valence-electron chi connectivity index (χ4n) is 2.60. The first kappa shape index (κ1) is 16.6. The maximum absolute atomic E-state index is 12.5. The lowest BCUT2D eigenvalue weighted by molar-refractivity contribution is 0.0997. The molecule has 0 saturated carbocycles. The molecule has 0 bridgehead atoms. The molecule has 1 amide bonds. The van der Waals surface area contributed by atoms with Crippen molar-refractivity contribution in [2.45, 2.75) is 0 Å². The van der Waals surface area contributed by atoms with Gasteiger partial charge in [-0.05, 0) is 30.3 Å². The number of pyridine rings is 1. The number of anilines is 1. The van der Waals surface area contributed by atoms with Crippen LogP contribution in [0.25, 0.3) is 21.9 Å². The average molecular weight is 385 g/mol. The first-order valence-corrected chi connectivity index (χ1v) is 8.37. The van der Waals surface area contributed by atoms with Crippen molar-refractivity contribution >= 4 is 56.8 Å². The molecule has 4 rings (SSSR count). The Bertz CT molecular complexity index is 1230. The Hall–Kier alpha value is -2.89. The maximum atomic E-state index is 12.5. The Labute approximate surface area is 157 Å². The van der Waals surface area contributed by atoms with Crippen LogP contribution in [-0.4, -0.2) is 10.9 Å². The summed E-state index contributed by atoms with van der Waals surface area (Å²) in [4.78, 5) is 29.0. The van der Waals surface area contributed by atoms with Gasteiger partial charge in [0.2, 0.25) is 0 Å². The summed E-state index contributed by atoms with van der Waals surface area (Å²) >= 11 is 12.1. The van der Waals surface area contributed by atoms with Crippen molar-refractivity contribution in [3.8, 4) is 0 Å². The second kappa shape index (κ2) is 6.44. The lowest BCUT2D eigenvalue weighted by Gasteiger charge is -2.07. The largest absolute Gasteiger partial charge is 0.451 e. The highest BCUT2D eigenvalue weighted by Gasteiger charge is 2.14. The lowest BCUT2D eigenvalue weighted by atomic mass is 10.2. The number of rotatable bonds is 2. The number of carbonyl (C=O) groups excluding carboxylic acids is 1. The quantitative estimate of drug-likeness (QED) is 0.533. The molecule has 0 aliphatic carbocycles. The van der Waals surface area contributed by atoms with Gasteiger partial charge in [-0.2, -0.15) is 0 Å². The zero-order valence-corrected chi connectivity index (χ0v) is 14.6. The monoisotopic (exact) mass is 384 g/mol. The van der Waals surface area contributed by atoms with Crippen LogP contribution in [0, 0.1) is 0 Å². The van der Waals surface area contributed by atoms with Crippen LogP contribution in [-0.2, 0) is 0 Å². The van der Waals surface area contributed by atoms with E-state index < -0.39 is 5.91 Å². The molecule has 26 heavy (non-hydrogen) atoms. The Morgan fingerprint density at radius 1 is 1.04 bits per heavy atom. The van der Waals surface area contributed by atoms with Crippen molar-refractivity contribution in [3.63, 3.8) is 0 Å². The summed E-state index contributed by atoms with van der Waals surface area (Å²) in [5.41, 5.74) is 0.478. The molecule has 7 heteroatoms. The summed E-state index contributed by atoms with van der Waals surface area (Å²) in [6.45, 7) is 0. The van der Waals surface area contributed by atoms with Crippen molar-refractivity contribution in [3.05, 3.63) is 80.6 Å². The van der Waals surface area contributed by atoms with Crippen molar-refractivity contribution in [2.24, 2.45) is 0 Å². The molecule has 0 saturated heterocycles. The van der Waals surface area contributed by atoms with Gasteiger partial charge in [-0.1, -0.05) is 35.3 Å². The molecule has 4 aromatic rings. The van der Waals surface area contributed by atoms with Crippen LogP contribution >= 0.6 is 23.2 Å². The summed E-state index contributed by atoms with van der Waals surface area (Å²) in [7, 11) is 0. The van der Waals surface area contributed by atoms with E-state index in [1.54, 1.807) is 30.3 Å². The number of aromatic nitrogens is 1. The number of para-hydroxylation sites is 1. The molecule has 0 aliphatic rings. The predicted octanol–water partition coefficient (Wildman–Crippen LogP) is 4.90. The third-order valence-corrected chi connectivity index (χ3v) is 4.37. The SMILES string of the molecule is O=C(Nc1ccc2cccc(Cl)c2n1)c1cc(=O)c2ccc(Cl)cc2o1. The lowest BCUT2D eigenvalue weighted by Crippen LogP contribution is -2.15. The number of hydrogen-bond donors (Lipinski definition) is 1. The minimum absolute atomic E-state index is 0.133. The van der Waals surface area contributed by atoms with E-state index in [4.69, 9.17) is 27.6 Å². The van der Waals surface area contributed by atoms with Gasteiger partial charge in [0.15, 0.2) is 11.2 Å². The summed E-state index contributed by atoms with van der Waals surface area (Å²) in [5, 5.41) is 4.69. The fraction of sp³-hybridized carbons (Fsp3) is 0. The topological polar surface area (TPSA) is 72.2 Å². The highest BCUT2D eigenvalue weighted by Crippen LogP contribution is 2.23. The molecular weight excluding hydrogens is 375 g/mol. The molecule has 0 aliphatic heterocycles. The van der Waals surface area contributed by atoms with Crippen LogP contribution in [0.4, 0.5) is 5.82 Å². The number of benzene rings is 2. The molecule has 0 atom stereocenters. The van der Waals surface area contributed by atoms with Crippen molar-refractivity contribution < 1.29 is 9.21 Å². The normalized spacial score (nSPS) is 11.0. The van der Waals surface area contributed by atoms with Gasteiger partial charge in [0.1, 0.15) is 11.4 Å². The molecule has 128 valence electrons. The van der Waals surface area contributed by atoms with E-state index in [-0.39, 0.29) is 16.8 Å². The molecule has 2 heterocycles. The first-order chi connectivity index (χ1) is 12.5. The van der Waals surface area contributed by atoms with E-state index >= 15 is 0 Å². The summed E-state index contributed by atoms with van der Waals surface area (Å²) < 4.78 is 5.52. The standard InChI is InChI=1S/C19H10Cl2N2O3/c20-11-5-6-12-14(24)9-16(26-15(12)8-11)19(25)23-17-7-4-10-2-1-3-13(21)18(10)22-17/h1-9H,(H,22,23,25). The number of hydrogen-bond acceptors (Lipinski definition) is 4. The third kappa shape index (κ3) is 3.03. The Balaban J connectivity index is 1.71. The molecule has 1 N–H and O–H groups in total. The van der Waals surface area contributed by atoms with Gasteiger partial charge in [0, 0.05) is 22.5 Å². The molecule has 0 unspecified atom stereocenters. The third-order valence-electron chi connectivity index (χ3n) is 3.83. The number of halogens is 2. The Morgan fingerprint density at radius 2 is 1.88 bits per heavy atom.